The van der Waals surface area contributed by atoms with Gasteiger partial charge in [-0.2, -0.15) is 0 Å². The number of benzene rings is 2. The van der Waals surface area contributed by atoms with Crippen molar-refractivity contribution in [1.82, 2.24) is 0 Å². The predicted molar refractivity (Wildman–Crippen MR) is 107 cm³/mol. The molecule has 1 N–H and O–H groups in total. The molecule has 4 rings (SSSR count). The number of aliphatic hydroxyl groups is 1. The Morgan fingerprint density at radius 3 is 2.79 bits per heavy atom. The molecule has 0 aromatic heterocycles. The van der Waals surface area contributed by atoms with Crippen LogP contribution in [0.2, 0.25) is 0 Å². The highest BCUT2D eigenvalue weighted by Gasteiger charge is 2.50. The van der Waals surface area contributed by atoms with Crippen molar-refractivity contribution in [1.29, 1.82) is 0 Å². The molecular formula is C21H20BrNO5. The van der Waals surface area contributed by atoms with Crippen molar-refractivity contribution in [3.05, 3.63) is 52.0 Å². The number of carbonyl (C=O) groups excluding carboxylic acids is 2. The summed E-state index contributed by atoms with van der Waals surface area (Å²) in [5, 5.41) is 11.3. The van der Waals surface area contributed by atoms with Gasteiger partial charge in [-0.1, -0.05) is 29.3 Å². The molecule has 0 spiro atoms. The maximum Gasteiger partial charge on any atom is 0.264 e. The summed E-state index contributed by atoms with van der Waals surface area (Å²) in [7, 11) is 0. The lowest BCUT2D eigenvalue weighted by Crippen LogP contribution is -2.42. The van der Waals surface area contributed by atoms with Gasteiger partial charge in [-0.05, 0) is 42.8 Å². The first-order valence-corrected chi connectivity index (χ1v) is 10.0. The summed E-state index contributed by atoms with van der Waals surface area (Å²) >= 11 is 3.40. The fourth-order valence-corrected chi connectivity index (χ4v) is 4.00. The number of hydrogen-bond acceptors (Lipinski definition) is 5. The number of amides is 1. The number of hydrogen-bond donors (Lipinski definition) is 1. The van der Waals surface area contributed by atoms with Crippen LogP contribution < -0.4 is 14.4 Å². The number of Topliss-reactive ketones (excluding diaryl/α,β-unsaturated/α-hetero) is 1. The van der Waals surface area contributed by atoms with E-state index in [1.165, 1.54) is 0 Å². The minimum Gasteiger partial charge on any atom is -0.454 e. The molecule has 0 saturated carbocycles. The Labute approximate surface area is 171 Å². The van der Waals surface area contributed by atoms with E-state index in [0.29, 0.717) is 34.9 Å². The second-order valence-corrected chi connectivity index (χ2v) is 7.92. The molecule has 6 nitrogen and oxygen atoms in total. The van der Waals surface area contributed by atoms with E-state index in [0.717, 1.165) is 17.3 Å². The van der Waals surface area contributed by atoms with E-state index < -0.39 is 11.5 Å². The molecule has 2 aliphatic heterocycles. The summed E-state index contributed by atoms with van der Waals surface area (Å²) < 4.78 is 11.3. The summed E-state index contributed by atoms with van der Waals surface area (Å²) in [6, 6.07) is 10.2. The highest BCUT2D eigenvalue weighted by molar-refractivity contribution is 9.10. The van der Waals surface area contributed by atoms with Crippen LogP contribution in [0.25, 0.3) is 0 Å². The van der Waals surface area contributed by atoms with Crippen molar-refractivity contribution < 1.29 is 24.2 Å². The molecule has 0 radical (unpaired) electrons. The summed E-state index contributed by atoms with van der Waals surface area (Å²) in [5.41, 5.74) is -0.408. The summed E-state index contributed by atoms with van der Waals surface area (Å²) in [5.74, 6) is 0.274. The van der Waals surface area contributed by atoms with Gasteiger partial charge in [0.05, 0.1) is 12.1 Å². The van der Waals surface area contributed by atoms with Gasteiger partial charge in [0.1, 0.15) is 0 Å². The highest BCUT2D eigenvalue weighted by Crippen LogP contribution is 2.44. The fraction of sp³-hybridized carbons (Fsp3) is 0.333. The zero-order chi connectivity index (χ0) is 19.9. The van der Waals surface area contributed by atoms with E-state index >= 15 is 0 Å². The van der Waals surface area contributed by atoms with Gasteiger partial charge in [-0.25, -0.2) is 0 Å². The molecule has 2 aliphatic rings. The molecule has 28 heavy (non-hydrogen) atoms. The summed E-state index contributed by atoms with van der Waals surface area (Å²) in [4.78, 5) is 27.6. The van der Waals surface area contributed by atoms with Crippen LogP contribution in [-0.2, 0) is 10.4 Å². The van der Waals surface area contributed by atoms with Gasteiger partial charge in [0, 0.05) is 22.1 Å². The first-order chi connectivity index (χ1) is 13.4. The molecule has 2 aromatic carbocycles. The molecule has 1 atom stereocenters. The average Bonchev–Trinajstić information content (AvgIpc) is 3.22. The van der Waals surface area contributed by atoms with Crippen molar-refractivity contribution in [2.45, 2.75) is 31.8 Å². The molecule has 0 bridgehead atoms. The summed E-state index contributed by atoms with van der Waals surface area (Å²) in [6.07, 6.45) is 1.40. The van der Waals surface area contributed by atoms with Gasteiger partial charge in [0.25, 0.3) is 5.91 Å². The topological polar surface area (TPSA) is 76.1 Å². The third-order valence-electron chi connectivity index (χ3n) is 5.14. The third-order valence-corrected chi connectivity index (χ3v) is 5.63. The Morgan fingerprint density at radius 1 is 1.21 bits per heavy atom. The van der Waals surface area contributed by atoms with Gasteiger partial charge in [0.15, 0.2) is 22.9 Å². The van der Waals surface area contributed by atoms with E-state index in [9.17, 15) is 14.7 Å². The third kappa shape index (κ3) is 3.08. The van der Waals surface area contributed by atoms with Crippen LogP contribution >= 0.6 is 15.9 Å². The Balaban J connectivity index is 1.67. The van der Waals surface area contributed by atoms with Gasteiger partial charge in [0.2, 0.25) is 6.79 Å². The Morgan fingerprint density at radius 2 is 2.00 bits per heavy atom. The van der Waals surface area contributed by atoms with Crippen LogP contribution in [0.1, 0.15) is 42.1 Å². The first-order valence-electron chi connectivity index (χ1n) is 9.21. The molecular weight excluding hydrogens is 426 g/mol. The molecule has 0 saturated heterocycles. The highest BCUT2D eigenvalue weighted by atomic mass is 79.9. The van der Waals surface area contributed by atoms with Crippen LogP contribution in [0.3, 0.4) is 0 Å². The van der Waals surface area contributed by atoms with Crippen molar-refractivity contribution in [2.24, 2.45) is 0 Å². The molecule has 2 aromatic rings. The normalized spacial score (nSPS) is 19.8. The average molecular weight is 446 g/mol. The van der Waals surface area contributed by atoms with Crippen LogP contribution in [-0.4, -0.2) is 30.1 Å². The molecule has 0 aliphatic carbocycles. The van der Waals surface area contributed by atoms with Crippen molar-refractivity contribution in [2.75, 3.05) is 18.2 Å². The largest absolute Gasteiger partial charge is 0.454 e. The number of ketones is 1. The minimum atomic E-state index is -1.89. The molecule has 0 fully saturated rings. The van der Waals surface area contributed by atoms with Gasteiger partial charge < -0.3 is 19.5 Å². The predicted octanol–water partition coefficient (Wildman–Crippen LogP) is 3.79. The number of carbonyl (C=O) groups is 2. The summed E-state index contributed by atoms with van der Waals surface area (Å²) in [6.45, 7) is 2.66. The van der Waals surface area contributed by atoms with E-state index in [2.05, 4.69) is 15.9 Å². The van der Waals surface area contributed by atoms with Gasteiger partial charge >= 0.3 is 0 Å². The molecule has 7 heteroatoms. The zero-order valence-corrected chi connectivity index (χ0v) is 17.0. The van der Waals surface area contributed by atoms with Crippen molar-refractivity contribution in [3.63, 3.8) is 0 Å². The number of rotatable bonds is 6. The lowest BCUT2D eigenvalue weighted by molar-refractivity contribution is -0.135. The molecule has 2 heterocycles. The first kappa shape index (κ1) is 19.0. The van der Waals surface area contributed by atoms with Crippen LogP contribution in [0.4, 0.5) is 5.69 Å². The molecule has 1 amide bonds. The van der Waals surface area contributed by atoms with Crippen LogP contribution in [0.15, 0.2) is 40.9 Å². The second kappa shape index (κ2) is 7.22. The van der Waals surface area contributed by atoms with Crippen molar-refractivity contribution in [3.8, 4) is 11.5 Å². The smallest absolute Gasteiger partial charge is 0.264 e. The molecule has 146 valence electrons. The number of halogens is 1. The monoisotopic (exact) mass is 445 g/mol. The number of unbranched alkanes of at least 4 members (excludes halogenated alkanes) is 1. The fourth-order valence-electron chi connectivity index (χ4n) is 3.64. The number of ether oxygens (including phenoxy) is 2. The van der Waals surface area contributed by atoms with Crippen LogP contribution in [0, 0.1) is 0 Å². The van der Waals surface area contributed by atoms with E-state index in [1.54, 1.807) is 35.2 Å². The maximum atomic E-state index is 13.1. The minimum absolute atomic E-state index is 0.114. The van der Waals surface area contributed by atoms with Crippen molar-refractivity contribution >= 4 is 33.3 Å². The molecule has 0 unspecified atom stereocenters. The SMILES string of the molecule is CCCCN1C(=O)[C@](O)(CC(=O)c2ccc3c(c2)OCO3)c2cc(Br)ccc21. The maximum absolute atomic E-state index is 13.1. The van der Waals surface area contributed by atoms with Crippen LogP contribution in [0.5, 0.6) is 11.5 Å². The van der Waals surface area contributed by atoms with E-state index in [4.69, 9.17) is 9.47 Å². The lowest BCUT2D eigenvalue weighted by atomic mass is 9.88. The Hall–Kier alpha value is -2.38. The van der Waals surface area contributed by atoms with Gasteiger partial charge in [-0.3, -0.25) is 9.59 Å². The zero-order valence-electron chi connectivity index (χ0n) is 15.4. The number of fused-ring (bicyclic) bond motifs is 2. The van der Waals surface area contributed by atoms with E-state index in [-0.39, 0.29) is 19.0 Å². The van der Waals surface area contributed by atoms with Gasteiger partial charge in [-0.15, -0.1) is 0 Å². The lowest BCUT2D eigenvalue weighted by Gasteiger charge is -2.22. The number of anilines is 1. The number of nitrogens with zero attached hydrogens (tertiary/aromatic N) is 1. The Kier molecular flexibility index (Phi) is 4.89. The second-order valence-electron chi connectivity index (χ2n) is 7.00. The quantitative estimate of drug-likeness (QED) is 0.684. The van der Waals surface area contributed by atoms with E-state index in [1.807, 2.05) is 13.0 Å². The standard InChI is InChI=1S/C21H20BrNO5/c1-2-3-8-23-16-6-5-14(22)10-15(16)21(26,20(23)25)11-17(24)13-4-7-18-19(9-13)28-12-27-18/h4-7,9-10,26H,2-3,8,11-12H2,1H3/t21-/m0/s1. The Bertz CT molecular complexity index is 960.